The highest BCUT2D eigenvalue weighted by Crippen LogP contribution is 2.10. The van der Waals surface area contributed by atoms with Gasteiger partial charge in [-0.3, -0.25) is 4.79 Å². The van der Waals surface area contributed by atoms with Crippen LogP contribution in [0.3, 0.4) is 0 Å². The third-order valence-corrected chi connectivity index (χ3v) is 3.15. The summed E-state index contributed by atoms with van der Waals surface area (Å²) < 4.78 is 9.23. The molecule has 0 fully saturated rings. The van der Waals surface area contributed by atoms with Crippen LogP contribution in [0.25, 0.3) is 0 Å². The highest BCUT2D eigenvalue weighted by atomic mass is 16.5. The van der Waals surface area contributed by atoms with Gasteiger partial charge in [-0.15, -0.1) is 0 Å². The molecule has 2 atom stereocenters. The summed E-state index contributed by atoms with van der Waals surface area (Å²) in [7, 11) is 2.45. The fourth-order valence-electron chi connectivity index (χ4n) is 1.91. The topological polar surface area (TPSA) is 105 Å². The molecule has 0 bridgehead atoms. The van der Waals surface area contributed by atoms with Crippen molar-refractivity contribution in [2.75, 3.05) is 14.2 Å². The van der Waals surface area contributed by atoms with Gasteiger partial charge in [-0.05, 0) is 31.5 Å². The Hall–Kier alpha value is -2.88. The number of amides is 1. The minimum atomic E-state index is -0.941. The molecule has 0 heterocycles. The first-order valence-electron chi connectivity index (χ1n) is 6.89. The third kappa shape index (κ3) is 5.11. The average Bonchev–Trinajstić information content (AvgIpc) is 2.59. The first-order chi connectivity index (χ1) is 10.9. The van der Waals surface area contributed by atoms with E-state index in [0.29, 0.717) is 0 Å². The summed E-state index contributed by atoms with van der Waals surface area (Å²) in [6, 6.07) is 6.97. The molecule has 1 aromatic rings. The van der Waals surface area contributed by atoms with Crippen molar-refractivity contribution in [3.63, 3.8) is 0 Å². The molecule has 0 aliphatic carbocycles. The Kier molecular flexibility index (Phi) is 6.74. The molecule has 122 valence electrons. The number of nitrogens with one attached hydrogen (secondary N) is 1. The van der Waals surface area contributed by atoms with E-state index < -0.39 is 29.8 Å². The molecule has 0 aliphatic rings. The zero-order chi connectivity index (χ0) is 17.4. The van der Waals surface area contributed by atoms with E-state index in [0.717, 1.165) is 0 Å². The number of carbonyl (C=O) groups is 3. The molecular formula is C16H18N2O5. The lowest BCUT2D eigenvalue weighted by Gasteiger charge is -2.17. The van der Waals surface area contributed by atoms with Crippen molar-refractivity contribution in [3.05, 3.63) is 35.4 Å². The van der Waals surface area contributed by atoms with Crippen LogP contribution in [-0.2, 0) is 14.3 Å². The van der Waals surface area contributed by atoms with E-state index in [9.17, 15) is 14.4 Å². The quantitative estimate of drug-likeness (QED) is 0.792. The lowest BCUT2D eigenvalue weighted by molar-refractivity contribution is -0.143. The van der Waals surface area contributed by atoms with Crippen LogP contribution in [0.2, 0.25) is 0 Å². The van der Waals surface area contributed by atoms with Crippen molar-refractivity contribution in [2.45, 2.75) is 19.4 Å². The molecule has 0 saturated heterocycles. The Morgan fingerprint density at radius 2 is 1.87 bits per heavy atom. The van der Waals surface area contributed by atoms with Crippen LogP contribution in [0.4, 0.5) is 0 Å². The smallest absolute Gasteiger partial charge is 0.337 e. The molecule has 23 heavy (non-hydrogen) atoms. The maximum absolute atomic E-state index is 12.3. The molecule has 1 N–H and O–H groups in total. The molecule has 7 nitrogen and oxygen atoms in total. The van der Waals surface area contributed by atoms with Crippen molar-refractivity contribution in [2.24, 2.45) is 5.92 Å². The summed E-state index contributed by atoms with van der Waals surface area (Å²) in [5.41, 5.74) is 0.423. The van der Waals surface area contributed by atoms with Gasteiger partial charge in [0, 0.05) is 11.5 Å². The van der Waals surface area contributed by atoms with Gasteiger partial charge in [-0.2, -0.15) is 5.26 Å². The summed E-state index contributed by atoms with van der Waals surface area (Å²) in [6.45, 7) is 1.64. The number of hydrogen-bond donors (Lipinski definition) is 1. The van der Waals surface area contributed by atoms with Crippen molar-refractivity contribution in [1.29, 1.82) is 5.26 Å². The van der Waals surface area contributed by atoms with Crippen molar-refractivity contribution < 1.29 is 23.9 Å². The number of methoxy groups -OCH3 is 2. The number of nitriles is 1. The van der Waals surface area contributed by atoms with Crippen LogP contribution in [0.5, 0.6) is 0 Å². The SMILES string of the molecule is COC(=O)c1cccc(C(=O)N[C@@H](C[C@@H](C)C#N)C(=O)OC)c1. The Morgan fingerprint density at radius 1 is 1.22 bits per heavy atom. The number of esters is 2. The average molecular weight is 318 g/mol. The van der Waals surface area contributed by atoms with Gasteiger partial charge < -0.3 is 14.8 Å². The van der Waals surface area contributed by atoms with E-state index in [2.05, 4.69) is 14.8 Å². The van der Waals surface area contributed by atoms with Crippen LogP contribution in [0, 0.1) is 17.2 Å². The van der Waals surface area contributed by atoms with E-state index in [-0.39, 0.29) is 17.5 Å². The molecular weight excluding hydrogens is 300 g/mol. The molecule has 7 heteroatoms. The normalized spacial score (nSPS) is 12.4. The molecule has 0 spiro atoms. The van der Waals surface area contributed by atoms with E-state index in [4.69, 9.17) is 5.26 Å². The Bertz CT molecular complexity index is 636. The molecule has 0 aromatic heterocycles. The van der Waals surface area contributed by atoms with Gasteiger partial charge in [-0.25, -0.2) is 9.59 Å². The highest BCUT2D eigenvalue weighted by molar-refractivity contribution is 5.99. The standard InChI is InChI=1S/C16H18N2O5/c1-10(9-17)7-13(16(21)23-3)18-14(19)11-5-4-6-12(8-11)15(20)22-2/h4-6,8,10,13H,7H2,1-3H3,(H,18,19)/t10-,13+/m1/s1. The molecule has 0 unspecified atom stereocenters. The van der Waals surface area contributed by atoms with Gasteiger partial charge in [0.1, 0.15) is 6.04 Å². The molecule has 1 amide bonds. The minimum absolute atomic E-state index is 0.131. The van der Waals surface area contributed by atoms with Crippen LogP contribution < -0.4 is 5.32 Å². The molecule has 0 aliphatic heterocycles. The second kappa shape index (κ2) is 8.54. The first-order valence-corrected chi connectivity index (χ1v) is 6.89. The van der Waals surface area contributed by atoms with Gasteiger partial charge in [0.15, 0.2) is 0 Å². The summed E-state index contributed by atoms with van der Waals surface area (Å²) in [5.74, 6) is -2.18. The second-order valence-corrected chi connectivity index (χ2v) is 4.89. The summed E-state index contributed by atoms with van der Waals surface area (Å²) in [4.78, 5) is 35.5. The molecule has 1 rings (SSSR count). The van der Waals surface area contributed by atoms with Crippen LogP contribution in [0.15, 0.2) is 24.3 Å². The monoisotopic (exact) mass is 318 g/mol. The van der Waals surface area contributed by atoms with E-state index in [1.165, 1.54) is 38.5 Å². The summed E-state index contributed by atoms with van der Waals surface area (Å²) in [6.07, 6.45) is 0.131. The van der Waals surface area contributed by atoms with Gasteiger partial charge in [0.05, 0.1) is 25.9 Å². The maximum atomic E-state index is 12.3. The fourth-order valence-corrected chi connectivity index (χ4v) is 1.91. The van der Waals surface area contributed by atoms with E-state index in [1.54, 1.807) is 6.92 Å². The first kappa shape index (κ1) is 18.2. The highest BCUT2D eigenvalue weighted by Gasteiger charge is 2.24. The Morgan fingerprint density at radius 3 is 2.43 bits per heavy atom. The predicted octanol–water partition coefficient (Wildman–Crippen LogP) is 1.29. The van der Waals surface area contributed by atoms with E-state index in [1.807, 2.05) is 6.07 Å². The largest absolute Gasteiger partial charge is 0.467 e. The lowest BCUT2D eigenvalue weighted by Crippen LogP contribution is -2.42. The Labute approximate surface area is 134 Å². The number of hydrogen-bond acceptors (Lipinski definition) is 6. The molecule has 0 saturated carbocycles. The summed E-state index contributed by atoms with van der Waals surface area (Å²) in [5, 5.41) is 11.4. The van der Waals surface area contributed by atoms with Crippen molar-refractivity contribution >= 4 is 17.8 Å². The number of carbonyl (C=O) groups excluding carboxylic acids is 3. The van der Waals surface area contributed by atoms with Gasteiger partial charge in [0.25, 0.3) is 5.91 Å². The zero-order valence-corrected chi connectivity index (χ0v) is 13.2. The van der Waals surface area contributed by atoms with Crippen LogP contribution in [-0.4, -0.2) is 38.1 Å². The lowest BCUT2D eigenvalue weighted by atomic mass is 10.0. The zero-order valence-electron chi connectivity index (χ0n) is 13.2. The number of ether oxygens (including phenoxy) is 2. The fraction of sp³-hybridized carbons (Fsp3) is 0.375. The Balaban J connectivity index is 2.92. The number of nitrogens with zero attached hydrogens (tertiary/aromatic N) is 1. The molecule has 0 radical (unpaired) electrons. The second-order valence-electron chi connectivity index (χ2n) is 4.89. The molecule has 1 aromatic carbocycles. The predicted molar refractivity (Wildman–Crippen MR) is 80.4 cm³/mol. The van der Waals surface area contributed by atoms with Gasteiger partial charge in [-0.1, -0.05) is 6.07 Å². The van der Waals surface area contributed by atoms with E-state index >= 15 is 0 Å². The van der Waals surface area contributed by atoms with Crippen molar-refractivity contribution in [1.82, 2.24) is 5.32 Å². The summed E-state index contributed by atoms with van der Waals surface area (Å²) >= 11 is 0. The maximum Gasteiger partial charge on any atom is 0.337 e. The third-order valence-electron chi connectivity index (χ3n) is 3.15. The van der Waals surface area contributed by atoms with Gasteiger partial charge in [0.2, 0.25) is 0 Å². The number of rotatable bonds is 6. The minimum Gasteiger partial charge on any atom is -0.467 e. The van der Waals surface area contributed by atoms with Crippen LogP contribution >= 0.6 is 0 Å². The van der Waals surface area contributed by atoms with Crippen LogP contribution in [0.1, 0.15) is 34.1 Å². The number of benzene rings is 1. The van der Waals surface area contributed by atoms with Gasteiger partial charge >= 0.3 is 11.9 Å². The van der Waals surface area contributed by atoms with Crippen molar-refractivity contribution in [3.8, 4) is 6.07 Å².